The summed E-state index contributed by atoms with van der Waals surface area (Å²) in [7, 11) is 0. The fraction of sp³-hybridized carbons (Fsp3) is 0.250. The van der Waals surface area contributed by atoms with E-state index >= 15 is 0 Å². The van der Waals surface area contributed by atoms with Crippen LogP contribution in [0.1, 0.15) is 6.92 Å². The first-order valence-electron chi connectivity index (χ1n) is 3.11. The summed E-state index contributed by atoms with van der Waals surface area (Å²) in [6, 6.07) is 9.80. The fourth-order valence-corrected chi connectivity index (χ4v) is 0.683. The van der Waals surface area contributed by atoms with Crippen LogP contribution in [-0.2, 0) is 0 Å². The quantitative estimate of drug-likeness (QED) is 0.718. The van der Waals surface area contributed by atoms with Crippen LogP contribution in [0.2, 0.25) is 0 Å². The molecule has 0 aliphatic heterocycles. The second-order valence-corrected chi connectivity index (χ2v) is 1.75. The molecule has 0 N–H and O–H groups in total. The van der Waals surface area contributed by atoms with Crippen LogP contribution in [0.5, 0.6) is 5.75 Å². The lowest BCUT2D eigenvalue weighted by Crippen LogP contribution is -1.89. The van der Waals surface area contributed by atoms with Crippen LogP contribution in [0.25, 0.3) is 0 Å². The molecule has 1 aromatic rings. The smallest absolute Gasteiger partial charge is 0.119 e. The van der Waals surface area contributed by atoms with Crippen LogP contribution in [0.4, 0.5) is 0 Å². The maximum Gasteiger partial charge on any atom is 0.119 e. The van der Waals surface area contributed by atoms with E-state index in [4.69, 9.17) is 4.74 Å². The van der Waals surface area contributed by atoms with Crippen molar-refractivity contribution < 1.29 is 4.74 Å². The summed E-state index contributed by atoms with van der Waals surface area (Å²) in [6.07, 6.45) is 0. The Hall–Kier alpha value is 0.480. The van der Waals surface area contributed by atoms with Crippen molar-refractivity contribution in [3.05, 3.63) is 30.3 Å². The highest BCUT2D eigenvalue weighted by molar-refractivity contribution is 14.0. The first kappa shape index (κ1) is 14.0. The maximum atomic E-state index is 5.21. The summed E-state index contributed by atoms with van der Waals surface area (Å²) < 4.78 is 5.21. The van der Waals surface area contributed by atoms with Crippen molar-refractivity contribution in [2.75, 3.05) is 6.61 Å². The van der Waals surface area contributed by atoms with E-state index in [0.717, 1.165) is 12.4 Å². The highest BCUT2D eigenvalue weighted by Gasteiger charge is 1.83. The molecule has 0 radical (unpaired) electrons. The Labute approximate surface area is 102 Å². The average Bonchev–Trinajstić information content (AvgIpc) is 1.91. The Morgan fingerprint density at radius 2 is 1.64 bits per heavy atom. The molecule has 0 bridgehead atoms. The molecule has 0 aliphatic rings. The van der Waals surface area contributed by atoms with Crippen LogP contribution in [-0.4, -0.2) is 6.61 Å². The van der Waals surface area contributed by atoms with Gasteiger partial charge in [0.15, 0.2) is 0 Å². The lowest BCUT2D eigenvalue weighted by atomic mass is 10.3. The molecule has 0 unspecified atom stereocenters. The fourth-order valence-electron chi connectivity index (χ4n) is 0.683. The molecule has 0 fully saturated rings. The number of halogens is 2. The highest BCUT2D eigenvalue weighted by Crippen LogP contribution is 2.06. The van der Waals surface area contributed by atoms with Crippen molar-refractivity contribution in [3.63, 3.8) is 0 Å². The third-order valence-corrected chi connectivity index (χ3v) is 1.05. The number of para-hydroxylation sites is 1. The molecule has 1 rings (SSSR count). The van der Waals surface area contributed by atoms with Gasteiger partial charge < -0.3 is 4.74 Å². The molecule has 0 amide bonds. The summed E-state index contributed by atoms with van der Waals surface area (Å²) >= 11 is 0. The van der Waals surface area contributed by atoms with Gasteiger partial charge in [0.1, 0.15) is 5.75 Å². The van der Waals surface area contributed by atoms with E-state index in [2.05, 4.69) is 0 Å². The van der Waals surface area contributed by atoms with Gasteiger partial charge in [-0.1, -0.05) is 18.2 Å². The molecular weight excluding hydrogens is 366 g/mol. The van der Waals surface area contributed by atoms with Crippen LogP contribution in [0, 0.1) is 0 Å². The van der Waals surface area contributed by atoms with Crippen LogP contribution >= 0.6 is 48.0 Å². The standard InChI is InChI=1S/C8H10O.2HI/c1-2-9-8-6-4-3-5-7-8;;/h3-7H,2H2,1H3;2*1H. The van der Waals surface area contributed by atoms with Crippen LogP contribution in [0.15, 0.2) is 30.3 Å². The molecule has 11 heavy (non-hydrogen) atoms. The van der Waals surface area contributed by atoms with E-state index in [0.29, 0.717) is 0 Å². The summed E-state index contributed by atoms with van der Waals surface area (Å²) in [5.74, 6) is 0.944. The zero-order valence-corrected chi connectivity index (χ0v) is 11.0. The van der Waals surface area contributed by atoms with E-state index in [9.17, 15) is 0 Å². The molecule has 0 saturated heterocycles. The first-order chi connectivity index (χ1) is 4.43. The largest absolute Gasteiger partial charge is 0.494 e. The van der Waals surface area contributed by atoms with Gasteiger partial charge in [0.25, 0.3) is 0 Å². The molecule has 1 nitrogen and oxygen atoms in total. The number of rotatable bonds is 2. The predicted octanol–water partition coefficient (Wildman–Crippen LogP) is 3.32. The number of hydrogen-bond donors (Lipinski definition) is 0. The van der Waals surface area contributed by atoms with Crippen molar-refractivity contribution in [2.24, 2.45) is 0 Å². The molecule has 3 heteroatoms. The van der Waals surface area contributed by atoms with Crippen LogP contribution in [0.3, 0.4) is 0 Å². The third kappa shape index (κ3) is 5.72. The third-order valence-electron chi connectivity index (χ3n) is 1.05. The zero-order valence-electron chi connectivity index (χ0n) is 6.32. The molecule has 0 saturated carbocycles. The molecule has 64 valence electrons. The molecule has 1 aromatic carbocycles. The predicted molar refractivity (Wildman–Crippen MR) is 68.4 cm³/mol. The van der Waals surface area contributed by atoms with Crippen molar-refractivity contribution in [1.82, 2.24) is 0 Å². The minimum atomic E-state index is 0. The summed E-state index contributed by atoms with van der Waals surface area (Å²) in [4.78, 5) is 0. The van der Waals surface area contributed by atoms with Gasteiger partial charge in [-0.05, 0) is 19.1 Å². The second kappa shape index (κ2) is 8.58. The minimum Gasteiger partial charge on any atom is -0.494 e. The summed E-state index contributed by atoms with van der Waals surface area (Å²) in [6.45, 7) is 2.72. The molecule has 0 aromatic heterocycles. The van der Waals surface area contributed by atoms with E-state index < -0.39 is 0 Å². The molecular formula is C8H12I2O. The average molecular weight is 378 g/mol. The zero-order chi connectivity index (χ0) is 6.53. The number of ether oxygens (including phenoxy) is 1. The Morgan fingerprint density at radius 1 is 1.09 bits per heavy atom. The topological polar surface area (TPSA) is 9.23 Å². The van der Waals surface area contributed by atoms with Gasteiger partial charge in [0, 0.05) is 0 Å². The highest BCUT2D eigenvalue weighted by atomic mass is 127. The monoisotopic (exact) mass is 378 g/mol. The molecule has 0 heterocycles. The summed E-state index contributed by atoms with van der Waals surface area (Å²) in [5.41, 5.74) is 0. The van der Waals surface area contributed by atoms with Gasteiger partial charge in [-0.15, -0.1) is 48.0 Å². The van der Waals surface area contributed by atoms with Gasteiger partial charge in [-0.3, -0.25) is 0 Å². The van der Waals surface area contributed by atoms with Gasteiger partial charge >= 0.3 is 0 Å². The van der Waals surface area contributed by atoms with Gasteiger partial charge in [0.2, 0.25) is 0 Å². The number of benzene rings is 1. The molecule has 0 spiro atoms. The Kier molecular flexibility index (Phi) is 10.9. The van der Waals surface area contributed by atoms with Crippen molar-refractivity contribution in [2.45, 2.75) is 6.92 Å². The Bertz CT molecular complexity index is 165. The summed E-state index contributed by atoms with van der Waals surface area (Å²) in [5, 5.41) is 0. The normalized spacial score (nSPS) is 7.36. The SMILES string of the molecule is CCOc1ccccc1.I.I. The van der Waals surface area contributed by atoms with Gasteiger partial charge in [-0.2, -0.15) is 0 Å². The lowest BCUT2D eigenvalue weighted by Gasteiger charge is -1.99. The number of hydrogen-bond acceptors (Lipinski definition) is 1. The first-order valence-corrected chi connectivity index (χ1v) is 3.11. The van der Waals surface area contributed by atoms with Crippen LogP contribution < -0.4 is 4.74 Å². The minimum absolute atomic E-state index is 0. The van der Waals surface area contributed by atoms with E-state index in [1.165, 1.54) is 0 Å². The van der Waals surface area contributed by atoms with E-state index in [1.807, 2.05) is 37.3 Å². The lowest BCUT2D eigenvalue weighted by molar-refractivity contribution is 0.340. The van der Waals surface area contributed by atoms with Gasteiger partial charge in [-0.25, -0.2) is 0 Å². The van der Waals surface area contributed by atoms with Crippen molar-refractivity contribution >= 4 is 48.0 Å². The Balaban J connectivity index is 0. The second-order valence-electron chi connectivity index (χ2n) is 1.75. The molecule has 0 atom stereocenters. The van der Waals surface area contributed by atoms with E-state index in [-0.39, 0.29) is 48.0 Å². The van der Waals surface area contributed by atoms with Gasteiger partial charge in [0.05, 0.1) is 6.61 Å². The van der Waals surface area contributed by atoms with Crippen molar-refractivity contribution in [3.8, 4) is 5.75 Å². The van der Waals surface area contributed by atoms with E-state index in [1.54, 1.807) is 0 Å². The Morgan fingerprint density at radius 3 is 2.09 bits per heavy atom. The molecule has 0 aliphatic carbocycles. The maximum absolute atomic E-state index is 5.21. The van der Waals surface area contributed by atoms with Crippen molar-refractivity contribution in [1.29, 1.82) is 0 Å².